The second-order valence-corrected chi connectivity index (χ2v) is 5.47. The van der Waals surface area contributed by atoms with Gasteiger partial charge in [-0.3, -0.25) is 0 Å². The van der Waals surface area contributed by atoms with E-state index in [0.717, 1.165) is 10.0 Å². The number of hydrogen-bond acceptors (Lipinski definition) is 2. The Morgan fingerprint density at radius 2 is 1.89 bits per heavy atom. The van der Waals surface area contributed by atoms with Crippen LogP contribution in [0.25, 0.3) is 0 Å². The normalized spacial score (nSPS) is 10.4. The molecule has 0 bridgehead atoms. The number of ether oxygens (including phenoxy) is 1. The van der Waals surface area contributed by atoms with Crippen molar-refractivity contribution in [3.8, 4) is 5.75 Å². The van der Waals surface area contributed by atoms with Gasteiger partial charge in [-0.05, 0) is 36.4 Å². The van der Waals surface area contributed by atoms with Gasteiger partial charge in [0.15, 0.2) is 0 Å². The lowest BCUT2D eigenvalue weighted by Crippen LogP contribution is -2.00. The van der Waals surface area contributed by atoms with Gasteiger partial charge in [-0.1, -0.05) is 39.1 Å². The lowest BCUT2D eigenvalue weighted by atomic mass is 10.2. The molecule has 0 aliphatic carbocycles. The van der Waals surface area contributed by atoms with Crippen LogP contribution in [0.4, 0.5) is 5.69 Å². The highest BCUT2D eigenvalue weighted by molar-refractivity contribution is 9.10. The van der Waals surface area contributed by atoms with Gasteiger partial charge in [0.1, 0.15) is 12.4 Å². The van der Waals surface area contributed by atoms with E-state index in [1.807, 2.05) is 6.07 Å². The molecule has 0 aromatic heterocycles. The molecule has 2 aromatic rings. The summed E-state index contributed by atoms with van der Waals surface area (Å²) in [6.45, 7) is 0.327. The Hall–Kier alpha value is -0.900. The topological polar surface area (TPSA) is 35.2 Å². The Morgan fingerprint density at radius 3 is 2.61 bits per heavy atom. The monoisotopic (exact) mass is 345 g/mol. The second-order valence-electron chi connectivity index (χ2n) is 3.71. The van der Waals surface area contributed by atoms with E-state index in [9.17, 15) is 0 Å². The summed E-state index contributed by atoms with van der Waals surface area (Å²) < 4.78 is 6.53. The molecule has 0 saturated carbocycles. The number of rotatable bonds is 3. The van der Waals surface area contributed by atoms with Gasteiger partial charge >= 0.3 is 0 Å². The Balaban J connectivity index is 2.13. The predicted molar refractivity (Wildman–Crippen MR) is 79.3 cm³/mol. The number of nitrogen functional groups attached to an aromatic ring is 1. The van der Waals surface area contributed by atoms with Crippen molar-refractivity contribution in [3.63, 3.8) is 0 Å². The van der Waals surface area contributed by atoms with Crippen LogP contribution in [0.15, 0.2) is 40.9 Å². The van der Waals surface area contributed by atoms with Crippen LogP contribution >= 0.6 is 39.1 Å². The van der Waals surface area contributed by atoms with Crippen molar-refractivity contribution >= 4 is 44.8 Å². The quantitative estimate of drug-likeness (QED) is 0.801. The number of hydrogen-bond donors (Lipinski definition) is 1. The average molecular weight is 347 g/mol. The molecule has 0 amide bonds. The van der Waals surface area contributed by atoms with Crippen LogP contribution in [0.3, 0.4) is 0 Å². The van der Waals surface area contributed by atoms with Crippen LogP contribution < -0.4 is 10.5 Å². The summed E-state index contributed by atoms with van der Waals surface area (Å²) in [6.07, 6.45) is 0. The smallest absolute Gasteiger partial charge is 0.138 e. The van der Waals surface area contributed by atoms with Crippen LogP contribution in [-0.2, 0) is 6.61 Å². The molecule has 2 aromatic carbocycles. The average Bonchev–Trinajstić information content (AvgIpc) is 2.32. The predicted octanol–water partition coefficient (Wildman–Crippen LogP) is 4.92. The zero-order chi connectivity index (χ0) is 13.1. The SMILES string of the molecule is Nc1ccc(Cl)cc1COc1ccc(Br)cc1Cl. The van der Waals surface area contributed by atoms with Crippen LogP contribution in [-0.4, -0.2) is 0 Å². The third-order valence-electron chi connectivity index (χ3n) is 2.38. The van der Waals surface area contributed by atoms with Gasteiger partial charge in [-0.2, -0.15) is 0 Å². The fourth-order valence-corrected chi connectivity index (χ4v) is 2.37. The van der Waals surface area contributed by atoms with Gasteiger partial charge in [-0.15, -0.1) is 0 Å². The van der Waals surface area contributed by atoms with Gasteiger partial charge in [0.05, 0.1) is 5.02 Å². The molecule has 0 aliphatic rings. The van der Waals surface area contributed by atoms with Crippen molar-refractivity contribution in [2.24, 2.45) is 0 Å². The third kappa shape index (κ3) is 3.31. The molecular weight excluding hydrogens is 337 g/mol. The van der Waals surface area contributed by atoms with E-state index in [4.69, 9.17) is 33.7 Å². The Labute approximate surface area is 124 Å². The molecule has 0 fully saturated rings. The molecule has 18 heavy (non-hydrogen) atoms. The van der Waals surface area contributed by atoms with E-state index >= 15 is 0 Å². The zero-order valence-corrected chi connectivity index (χ0v) is 12.4. The highest BCUT2D eigenvalue weighted by atomic mass is 79.9. The van der Waals surface area contributed by atoms with Gasteiger partial charge in [-0.25, -0.2) is 0 Å². The molecule has 0 unspecified atom stereocenters. The van der Waals surface area contributed by atoms with Gasteiger partial charge in [0, 0.05) is 20.7 Å². The molecule has 94 valence electrons. The van der Waals surface area contributed by atoms with Crippen molar-refractivity contribution in [2.45, 2.75) is 6.61 Å². The van der Waals surface area contributed by atoms with Crippen molar-refractivity contribution < 1.29 is 4.74 Å². The van der Waals surface area contributed by atoms with Crippen LogP contribution in [0.5, 0.6) is 5.75 Å². The van der Waals surface area contributed by atoms with E-state index in [1.54, 1.807) is 30.3 Å². The number of nitrogens with two attached hydrogens (primary N) is 1. The maximum absolute atomic E-state index is 6.05. The zero-order valence-electron chi connectivity index (χ0n) is 9.29. The van der Waals surface area contributed by atoms with Gasteiger partial charge in [0.25, 0.3) is 0 Å². The minimum Gasteiger partial charge on any atom is -0.487 e. The molecule has 0 atom stereocenters. The number of halogens is 3. The van der Waals surface area contributed by atoms with Crippen LogP contribution in [0, 0.1) is 0 Å². The molecule has 2 N–H and O–H groups in total. The van der Waals surface area contributed by atoms with E-state index < -0.39 is 0 Å². The van der Waals surface area contributed by atoms with Crippen LogP contribution in [0.2, 0.25) is 10.0 Å². The van der Waals surface area contributed by atoms with Gasteiger partial charge < -0.3 is 10.5 Å². The lowest BCUT2D eigenvalue weighted by molar-refractivity contribution is 0.307. The van der Waals surface area contributed by atoms with Crippen molar-refractivity contribution in [3.05, 3.63) is 56.5 Å². The summed E-state index contributed by atoms with van der Waals surface area (Å²) in [5, 5.41) is 1.18. The summed E-state index contributed by atoms with van der Waals surface area (Å²) >= 11 is 15.3. The van der Waals surface area contributed by atoms with E-state index in [2.05, 4.69) is 15.9 Å². The molecule has 2 nitrogen and oxygen atoms in total. The first-order valence-corrected chi connectivity index (χ1v) is 6.73. The summed E-state index contributed by atoms with van der Waals surface area (Å²) in [6, 6.07) is 10.7. The summed E-state index contributed by atoms with van der Waals surface area (Å²) in [7, 11) is 0. The standard InChI is InChI=1S/C13H10BrCl2NO/c14-9-1-4-13(11(16)6-9)18-7-8-5-10(15)2-3-12(8)17/h1-6H,7,17H2. The molecule has 0 radical (unpaired) electrons. The third-order valence-corrected chi connectivity index (χ3v) is 3.41. The maximum Gasteiger partial charge on any atom is 0.138 e. The maximum atomic E-state index is 6.05. The van der Waals surface area contributed by atoms with E-state index in [-0.39, 0.29) is 0 Å². The van der Waals surface area contributed by atoms with Crippen molar-refractivity contribution in [1.82, 2.24) is 0 Å². The Bertz CT molecular complexity index is 575. The molecule has 0 saturated heterocycles. The van der Waals surface area contributed by atoms with Crippen LogP contribution in [0.1, 0.15) is 5.56 Å². The first-order valence-electron chi connectivity index (χ1n) is 5.18. The fourth-order valence-electron chi connectivity index (χ4n) is 1.45. The van der Waals surface area contributed by atoms with E-state index in [0.29, 0.717) is 28.1 Å². The van der Waals surface area contributed by atoms with Crippen molar-refractivity contribution in [1.29, 1.82) is 0 Å². The number of benzene rings is 2. The minimum atomic E-state index is 0.327. The van der Waals surface area contributed by atoms with Crippen molar-refractivity contribution in [2.75, 3.05) is 5.73 Å². The Kier molecular flexibility index (Phi) is 4.38. The molecular formula is C13H10BrCl2NO. The van der Waals surface area contributed by atoms with E-state index in [1.165, 1.54) is 0 Å². The summed E-state index contributed by atoms with van der Waals surface area (Å²) in [5.41, 5.74) is 7.32. The molecule has 0 spiro atoms. The van der Waals surface area contributed by atoms with Gasteiger partial charge in [0.2, 0.25) is 0 Å². The first kappa shape index (κ1) is 13.5. The molecule has 5 heteroatoms. The highest BCUT2D eigenvalue weighted by Crippen LogP contribution is 2.29. The summed E-state index contributed by atoms with van der Waals surface area (Å²) in [5.74, 6) is 0.610. The fraction of sp³-hybridized carbons (Fsp3) is 0.0769. The Morgan fingerprint density at radius 1 is 1.11 bits per heavy atom. The highest BCUT2D eigenvalue weighted by Gasteiger charge is 2.05. The summed E-state index contributed by atoms with van der Waals surface area (Å²) in [4.78, 5) is 0. The second kappa shape index (κ2) is 5.83. The molecule has 2 rings (SSSR count). The minimum absolute atomic E-state index is 0.327. The molecule has 0 aliphatic heterocycles. The lowest BCUT2D eigenvalue weighted by Gasteiger charge is -2.10. The largest absolute Gasteiger partial charge is 0.487 e. The first-order chi connectivity index (χ1) is 8.56. The molecule has 0 heterocycles. The number of anilines is 1.